The fourth-order valence-corrected chi connectivity index (χ4v) is 16.4. The van der Waals surface area contributed by atoms with Crippen LogP contribution in [-0.4, -0.2) is 0 Å². The summed E-state index contributed by atoms with van der Waals surface area (Å²) < 4.78 is 0. The van der Waals surface area contributed by atoms with Gasteiger partial charge in [-0.25, -0.2) is 0 Å². The molecular weight excluding hydrogens is 565 g/mol. The van der Waals surface area contributed by atoms with Crippen molar-refractivity contribution in [1.29, 1.82) is 0 Å². The quantitative estimate of drug-likeness (QED) is 0.157. The van der Waals surface area contributed by atoms with Crippen molar-refractivity contribution in [2.45, 2.75) is 55.3 Å². The molecule has 13 aliphatic rings. The van der Waals surface area contributed by atoms with Crippen LogP contribution in [0.5, 0.6) is 0 Å². The molecular formula is C47H26. The van der Waals surface area contributed by atoms with Crippen LogP contribution in [0.2, 0.25) is 0 Å². The first kappa shape index (κ1) is 20.7. The number of allylic oxidation sites excluding steroid dienone is 10. The summed E-state index contributed by atoms with van der Waals surface area (Å²) in [6.45, 7) is 0. The molecule has 5 aromatic rings. The molecule has 0 bridgehead atoms. The Labute approximate surface area is 270 Å². The van der Waals surface area contributed by atoms with Gasteiger partial charge in [0.1, 0.15) is 0 Å². The van der Waals surface area contributed by atoms with Crippen molar-refractivity contribution in [2.75, 3.05) is 0 Å². The molecule has 0 nitrogen and oxygen atoms in total. The molecule has 0 fully saturated rings. The number of hydrogen-bond acceptors (Lipinski definition) is 0. The highest BCUT2D eigenvalue weighted by atomic mass is 14.7. The molecule has 0 heterocycles. The monoisotopic (exact) mass is 590 g/mol. The van der Waals surface area contributed by atoms with Crippen LogP contribution in [0.1, 0.15) is 115 Å². The van der Waals surface area contributed by atoms with E-state index in [1.807, 2.05) is 22.3 Å². The van der Waals surface area contributed by atoms with Crippen molar-refractivity contribution >= 4 is 60.2 Å². The number of rotatable bonds is 0. The van der Waals surface area contributed by atoms with Gasteiger partial charge in [-0.3, -0.25) is 0 Å². The van der Waals surface area contributed by atoms with Crippen LogP contribution in [0.3, 0.4) is 0 Å². The molecule has 1 spiro atoms. The summed E-state index contributed by atoms with van der Waals surface area (Å²) in [4.78, 5) is 0. The molecule has 0 saturated carbocycles. The maximum absolute atomic E-state index is 2.92. The van der Waals surface area contributed by atoms with Gasteiger partial charge in [0.05, 0.1) is 0 Å². The molecule has 5 aromatic carbocycles. The van der Waals surface area contributed by atoms with E-state index in [1.54, 1.807) is 116 Å². The number of hydrogen-bond donors (Lipinski definition) is 0. The zero-order chi connectivity index (χ0) is 28.9. The van der Waals surface area contributed by atoms with Crippen molar-refractivity contribution in [2.24, 2.45) is 23.7 Å². The molecule has 18 rings (SSSR count). The largest absolute Gasteiger partial charge is 0.0760 e. The Morgan fingerprint density at radius 1 is 0.468 bits per heavy atom. The van der Waals surface area contributed by atoms with E-state index in [-0.39, 0.29) is 5.41 Å². The molecule has 8 unspecified atom stereocenters. The Kier molecular flexibility index (Phi) is 2.43. The zero-order valence-corrected chi connectivity index (χ0v) is 25.8. The van der Waals surface area contributed by atoms with Crippen molar-refractivity contribution in [1.82, 2.24) is 0 Å². The van der Waals surface area contributed by atoms with Crippen LogP contribution in [0, 0.1) is 23.7 Å². The standard InChI is InChI=1S/C47H26/c1-2-4-16-13-47-14-23-10-21-8-18-5-17-6-20-7-19-9-22-11-24(25(47)12-15(16)3-1)33-38-29(22)28(19)35-30(20)34-26(17)27(18)36-31(21)37-32(23)46(47)45(33)44-42(37)40(36)39(34)41(35)43(38)44/h1-4,6-8,10-11,20-21,24-25,30-31,33H,5,9,12-14H2. The second kappa shape index (κ2) is 5.50. The van der Waals surface area contributed by atoms with E-state index in [9.17, 15) is 0 Å². The van der Waals surface area contributed by atoms with E-state index in [4.69, 9.17) is 0 Å². The van der Waals surface area contributed by atoms with Gasteiger partial charge in [0.2, 0.25) is 0 Å². The molecule has 0 aromatic heterocycles. The van der Waals surface area contributed by atoms with Gasteiger partial charge >= 0.3 is 0 Å². The average molecular weight is 591 g/mol. The highest BCUT2D eigenvalue weighted by Crippen LogP contribution is 2.79. The molecule has 0 amide bonds. The molecule has 8 atom stereocenters. The lowest BCUT2D eigenvalue weighted by Gasteiger charge is -2.53. The summed E-state index contributed by atoms with van der Waals surface area (Å²) >= 11 is 0. The van der Waals surface area contributed by atoms with E-state index in [0.717, 1.165) is 6.42 Å². The van der Waals surface area contributed by atoms with Gasteiger partial charge in [0, 0.05) is 35.0 Å². The third-order valence-electron chi connectivity index (χ3n) is 17.1. The van der Waals surface area contributed by atoms with Gasteiger partial charge in [-0.1, -0.05) is 54.6 Å². The second-order valence-corrected chi connectivity index (χ2v) is 18.0. The Morgan fingerprint density at radius 3 is 1.62 bits per heavy atom. The third-order valence-corrected chi connectivity index (χ3v) is 17.1. The van der Waals surface area contributed by atoms with E-state index in [2.05, 4.69) is 54.6 Å². The minimum atomic E-state index is 0.231. The summed E-state index contributed by atoms with van der Waals surface area (Å²) in [7, 11) is 0. The van der Waals surface area contributed by atoms with Crippen LogP contribution >= 0.6 is 0 Å². The third kappa shape index (κ3) is 1.56. The summed E-state index contributed by atoms with van der Waals surface area (Å²) in [5, 5.41) is 10.6. The van der Waals surface area contributed by atoms with Crippen LogP contribution in [-0.2, 0) is 18.3 Å². The molecule has 0 saturated heterocycles. The summed E-state index contributed by atoms with van der Waals surface area (Å²) in [5.41, 5.74) is 33.4. The smallest absolute Gasteiger partial charge is 0.0212 e. The molecule has 0 heteroatoms. The maximum Gasteiger partial charge on any atom is 0.0212 e. The topological polar surface area (TPSA) is 0 Å². The predicted molar refractivity (Wildman–Crippen MR) is 188 cm³/mol. The number of fused-ring (bicyclic) bond motifs is 2. The maximum atomic E-state index is 2.92. The highest BCUT2D eigenvalue weighted by molar-refractivity contribution is 6.38. The summed E-state index contributed by atoms with van der Waals surface area (Å²) in [6.07, 6.45) is 20.2. The van der Waals surface area contributed by atoms with Crippen LogP contribution in [0.15, 0.2) is 54.6 Å². The predicted octanol–water partition coefficient (Wildman–Crippen LogP) is 10.2. The van der Waals surface area contributed by atoms with Crippen molar-refractivity contribution < 1.29 is 0 Å². The lowest BCUT2D eigenvalue weighted by Crippen LogP contribution is -2.49. The van der Waals surface area contributed by atoms with Crippen molar-refractivity contribution in [3.8, 4) is 0 Å². The lowest BCUT2D eigenvalue weighted by molar-refractivity contribution is 0.169. The van der Waals surface area contributed by atoms with E-state index >= 15 is 0 Å². The Hall–Kier alpha value is -4.42. The second-order valence-electron chi connectivity index (χ2n) is 18.0. The van der Waals surface area contributed by atoms with Gasteiger partial charge in [-0.2, -0.15) is 0 Å². The highest BCUT2D eigenvalue weighted by Gasteiger charge is 2.65. The van der Waals surface area contributed by atoms with Gasteiger partial charge < -0.3 is 0 Å². The molecule has 0 aliphatic heterocycles. The van der Waals surface area contributed by atoms with Gasteiger partial charge in [-0.15, -0.1) is 0 Å². The number of benzene rings is 5. The fraction of sp³-hybridized carbons (Fsp3) is 0.277. The van der Waals surface area contributed by atoms with E-state index in [0.29, 0.717) is 41.4 Å². The van der Waals surface area contributed by atoms with Gasteiger partial charge in [-0.05, 0) is 182 Å². The summed E-state index contributed by atoms with van der Waals surface area (Å²) in [6, 6.07) is 9.61. The first-order chi connectivity index (χ1) is 23.3. The van der Waals surface area contributed by atoms with Crippen molar-refractivity contribution in [3.63, 3.8) is 0 Å². The average Bonchev–Trinajstić information content (AvgIpc) is 3.90. The molecule has 13 aliphatic carbocycles. The first-order valence-corrected chi connectivity index (χ1v) is 18.6. The lowest BCUT2D eigenvalue weighted by atomic mass is 9.49. The minimum Gasteiger partial charge on any atom is -0.0760 e. The minimum absolute atomic E-state index is 0.231. The van der Waals surface area contributed by atoms with Crippen LogP contribution in [0.25, 0.3) is 60.2 Å². The van der Waals surface area contributed by atoms with Crippen LogP contribution < -0.4 is 0 Å². The summed E-state index contributed by atoms with van der Waals surface area (Å²) in [5.74, 6) is 3.96. The van der Waals surface area contributed by atoms with Gasteiger partial charge in [0.25, 0.3) is 0 Å². The molecule has 214 valence electrons. The zero-order valence-electron chi connectivity index (χ0n) is 25.8. The van der Waals surface area contributed by atoms with Gasteiger partial charge in [0.15, 0.2) is 0 Å². The normalized spacial score (nSPS) is 36.6. The Morgan fingerprint density at radius 2 is 0.979 bits per heavy atom. The SMILES string of the molecule is C1=C2CC3=CC4C=C5CC67Cc8ccccc8CC6C6C=C8CC9=CC1C1c%10c2c3c2c3c%10c%10c1c9c8c1c%10c8c(c7c5c(c38)C24)C16. The van der Waals surface area contributed by atoms with Crippen molar-refractivity contribution in [3.05, 3.63) is 133 Å². The Balaban J connectivity index is 1.19. The van der Waals surface area contributed by atoms with E-state index in [1.165, 1.54) is 25.7 Å². The molecule has 0 radical (unpaired) electrons. The molecule has 47 heavy (non-hydrogen) atoms. The Bertz CT molecular complexity index is 3020. The van der Waals surface area contributed by atoms with E-state index < -0.39 is 0 Å². The first-order valence-electron chi connectivity index (χ1n) is 18.6. The fourth-order valence-electron chi connectivity index (χ4n) is 16.4. The van der Waals surface area contributed by atoms with Crippen LogP contribution in [0.4, 0.5) is 0 Å². The molecule has 0 N–H and O–H groups in total.